The van der Waals surface area contributed by atoms with Crippen molar-refractivity contribution in [1.82, 2.24) is 0 Å². The standard InChI is InChI=1S/C11H18O3Si/c1-5-9-12-15(8-4,13-10-6-2)14-11-7-3/h5-11H,4H2,1-3H3/b9-5+,10-6+,11-7+. The summed E-state index contributed by atoms with van der Waals surface area (Å²) in [6.45, 7) is 9.24. The van der Waals surface area contributed by atoms with E-state index in [4.69, 9.17) is 13.3 Å². The molecule has 0 amide bonds. The number of hydrogen-bond acceptors (Lipinski definition) is 3. The molecule has 84 valence electrons. The third-order valence-corrected chi connectivity index (χ3v) is 3.25. The van der Waals surface area contributed by atoms with Gasteiger partial charge in [0, 0.05) is 5.70 Å². The molecule has 0 aromatic carbocycles. The molecule has 0 bridgehead atoms. The smallest absolute Gasteiger partial charge is 0.487 e. The molecule has 0 spiro atoms. The third kappa shape index (κ3) is 5.12. The van der Waals surface area contributed by atoms with Crippen molar-refractivity contribution in [1.29, 1.82) is 0 Å². The van der Waals surface area contributed by atoms with Crippen molar-refractivity contribution in [3.63, 3.8) is 0 Å². The molecule has 0 aliphatic rings. The Hall–Kier alpha value is -1.42. The molecule has 0 radical (unpaired) electrons. The van der Waals surface area contributed by atoms with E-state index in [0.717, 1.165) is 0 Å². The average Bonchev–Trinajstić information content (AvgIpc) is 2.29. The molecule has 0 saturated carbocycles. The summed E-state index contributed by atoms with van der Waals surface area (Å²) in [5, 5.41) is 0. The van der Waals surface area contributed by atoms with Gasteiger partial charge in [0.2, 0.25) is 0 Å². The summed E-state index contributed by atoms with van der Waals surface area (Å²) < 4.78 is 16.3. The van der Waals surface area contributed by atoms with E-state index in [-0.39, 0.29) is 0 Å². The van der Waals surface area contributed by atoms with E-state index in [1.807, 2.05) is 20.8 Å². The summed E-state index contributed by atoms with van der Waals surface area (Å²) in [7, 11) is -2.83. The van der Waals surface area contributed by atoms with Crippen LogP contribution < -0.4 is 0 Å². The van der Waals surface area contributed by atoms with Crippen LogP contribution in [-0.2, 0) is 13.3 Å². The van der Waals surface area contributed by atoms with Crippen LogP contribution in [0.15, 0.2) is 49.3 Å². The molecule has 0 saturated heterocycles. The van der Waals surface area contributed by atoms with Gasteiger partial charge in [-0.1, -0.05) is 24.8 Å². The van der Waals surface area contributed by atoms with Crippen LogP contribution in [0.2, 0.25) is 0 Å². The monoisotopic (exact) mass is 226 g/mol. The summed E-state index contributed by atoms with van der Waals surface area (Å²) in [6, 6.07) is 0. The molecule has 0 heterocycles. The molecule has 15 heavy (non-hydrogen) atoms. The van der Waals surface area contributed by atoms with Crippen LogP contribution in [-0.4, -0.2) is 8.80 Å². The first-order valence-corrected chi connectivity index (χ1v) is 6.55. The minimum Gasteiger partial charge on any atom is -0.487 e. The van der Waals surface area contributed by atoms with Gasteiger partial charge < -0.3 is 13.3 Å². The summed E-state index contributed by atoms with van der Waals surface area (Å²) in [5.41, 5.74) is 1.58. The van der Waals surface area contributed by atoms with Crippen molar-refractivity contribution >= 4 is 8.80 Å². The summed E-state index contributed by atoms with van der Waals surface area (Å²) in [5.74, 6) is 0. The largest absolute Gasteiger partial charge is 0.727 e. The maximum Gasteiger partial charge on any atom is 0.727 e. The van der Waals surface area contributed by atoms with Gasteiger partial charge in [-0.15, -0.1) is 0 Å². The van der Waals surface area contributed by atoms with Gasteiger partial charge in [0.1, 0.15) is 0 Å². The lowest BCUT2D eigenvalue weighted by molar-refractivity contribution is 0.196. The van der Waals surface area contributed by atoms with Gasteiger partial charge in [-0.3, -0.25) is 0 Å². The zero-order chi connectivity index (χ0) is 11.6. The van der Waals surface area contributed by atoms with E-state index in [1.165, 1.54) is 0 Å². The number of rotatable bonds is 7. The Kier molecular flexibility index (Phi) is 7.18. The van der Waals surface area contributed by atoms with Crippen LogP contribution in [0.25, 0.3) is 0 Å². The van der Waals surface area contributed by atoms with Crippen LogP contribution in [0.1, 0.15) is 20.8 Å². The van der Waals surface area contributed by atoms with E-state index in [0.29, 0.717) is 0 Å². The molecule has 0 unspecified atom stereocenters. The maximum absolute atomic E-state index is 5.43. The fourth-order valence-corrected chi connectivity index (χ4v) is 2.15. The lowest BCUT2D eigenvalue weighted by Crippen LogP contribution is -2.39. The van der Waals surface area contributed by atoms with E-state index in [1.54, 1.807) is 42.7 Å². The Labute approximate surface area is 92.7 Å². The SMILES string of the molecule is C=C[Si](O/C=C/C)(O/C=C/C)O/C=C/C. The second-order valence-electron chi connectivity index (χ2n) is 2.57. The Bertz CT molecular complexity index is 221. The lowest BCUT2D eigenvalue weighted by atomic mass is 10.7. The highest BCUT2D eigenvalue weighted by Gasteiger charge is 2.42. The first-order valence-electron chi connectivity index (χ1n) is 4.75. The second-order valence-corrected chi connectivity index (χ2v) is 4.89. The van der Waals surface area contributed by atoms with Crippen molar-refractivity contribution in [2.75, 3.05) is 0 Å². The van der Waals surface area contributed by atoms with E-state index in [2.05, 4.69) is 6.58 Å². The molecular formula is C11H18O3Si. The molecule has 0 fully saturated rings. The van der Waals surface area contributed by atoms with Crippen LogP contribution >= 0.6 is 0 Å². The van der Waals surface area contributed by atoms with Crippen LogP contribution in [0, 0.1) is 0 Å². The van der Waals surface area contributed by atoms with Crippen molar-refractivity contribution < 1.29 is 13.3 Å². The average molecular weight is 226 g/mol. The Balaban J connectivity index is 4.64. The van der Waals surface area contributed by atoms with Gasteiger partial charge in [0.05, 0.1) is 18.8 Å². The third-order valence-electron chi connectivity index (χ3n) is 1.36. The summed E-state index contributed by atoms with van der Waals surface area (Å²) in [4.78, 5) is 0. The zero-order valence-electron chi connectivity index (χ0n) is 9.47. The van der Waals surface area contributed by atoms with Crippen LogP contribution in [0.3, 0.4) is 0 Å². The highest BCUT2D eigenvalue weighted by atomic mass is 28.4. The fourth-order valence-electron chi connectivity index (χ4n) is 0.716. The zero-order valence-corrected chi connectivity index (χ0v) is 10.5. The maximum atomic E-state index is 5.43. The van der Waals surface area contributed by atoms with Gasteiger partial charge in [0.15, 0.2) is 0 Å². The van der Waals surface area contributed by atoms with E-state index in [9.17, 15) is 0 Å². The summed E-state index contributed by atoms with van der Waals surface area (Å²) >= 11 is 0. The summed E-state index contributed by atoms with van der Waals surface area (Å²) in [6.07, 6.45) is 9.93. The van der Waals surface area contributed by atoms with Crippen LogP contribution in [0.4, 0.5) is 0 Å². The number of hydrogen-bond donors (Lipinski definition) is 0. The normalized spacial score (nSPS) is 12.5. The predicted octanol–water partition coefficient (Wildman–Crippen LogP) is 3.30. The molecule has 4 heteroatoms. The molecule has 3 nitrogen and oxygen atoms in total. The highest BCUT2D eigenvalue weighted by molar-refractivity contribution is 6.66. The first kappa shape index (κ1) is 13.6. The van der Waals surface area contributed by atoms with Gasteiger partial charge >= 0.3 is 8.80 Å². The minimum absolute atomic E-state index is 1.54. The van der Waals surface area contributed by atoms with Gasteiger partial charge in [-0.25, -0.2) is 0 Å². The van der Waals surface area contributed by atoms with Crippen LogP contribution in [0.5, 0.6) is 0 Å². The Morgan fingerprint density at radius 3 is 1.33 bits per heavy atom. The quantitative estimate of drug-likeness (QED) is 0.492. The van der Waals surface area contributed by atoms with Crippen molar-refractivity contribution in [2.24, 2.45) is 0 Å². The molecular weight excluding hydrogens is 208 g/mol. The van der Waals surface area contributed by atoms with E-state index < -0.39 is 8.80 Å². The fraction of sp³-hybridized carbons (Fsp3) is 0.273. The topological polar surface area (TPSA) is 27.7 Å². The van der Waals surface area contributed by atoms with Crippen molar-refractivity contribution in [3.8, 4) is 0 Å². The minimum atomic E-state index is -2.83. The Morgan fingerprint density at radius 1 is 0.800 bits per heavy atom. The Morgan fingerprint density at radius 2 is 1.13 bits per heavy atom. The molecule has 0 aromatic heterocycles. The van der Waals surface area contributed by atoms with Crippen molar-refractivity contribution in [2.45, 2.75) is 20.8 Å². The van der Waals surface area contributed by atoms with Crippen molar-refractivity contribution in [3.05, 3.63) is 49.3 Å². The second kappa shape index (κ2) is 7.93. The molecule has 0 N–H and O–H groups in total. The number of allylic oxidation sites excluding steroid dienone is 3. The molecule has 0 rings (SSSR count). The molecule has 0 aliphatic heterocycles. The first-order chi connectivity index (χ1) is 7.24. The van der Waals surface area contributed by atoms with Gasteiger partial charge in [-0.2, -0.15) is 0 Å². The highest BCUT2D eigenvalue weighted by Crippen LogP contribution is 2.12. The molecule has 0 aliphatic carbocycles. The molecule has 0 aromatic rings. The van der Waals surface area contributed by atoms with Gasteiger partial charge in [-0.05, 0) is 20.8 Å². The predicted molar refractivity (Wildman–Crippen MR) is 63.6 cm³/mol. The van der Waals surface area contributed by atoms with Gasteiger partial charge in [0.25, 0.3) is 0 Å². The van der Waals surface area contributed by atoms with E-state index >= 15 is 0 Å². The lowest BCUT2D eigenvalue weighted by Gasteiger charge is -2.22. The molecule has 0 atom stereocenters.